The smallest absolute Gasteiger partial charge is 0.327 e. The Morgan fingerprint density at radius 1 is 1.00 bits per heavy atom. The largest absolute Gasteiger partial charge is 0.480 e. The van der Waals surface area contributed by atoms with Crippen molar-refractivity contribution in [3.8, 4) is 0 Å². The van der Waals surface area contributed by atoms with Crippen LogP contribution in [0.1, 0.15) is 34.6 Å². The third-order valence-corrected chi connectivity index (χ3v) is 3.95. The van der Waals surface area contributed by atoms with Crippen molar-refractivity contribution in [2.45, 2.75) is 19.9 Å². The molecule has 2 aliphatic heterocycles. The molecule has 0 aliphatic carbocycles. The van der Waals surface area contributed by atoms with Crippen molar-refractivity contribution in [2.75, 3.05) is 26.2 Å². The van der Waals surface area contributed by atoms with E-state index in [0.29, 0.717) is 0 Å². The molecule has 130 valence electrons. The molecule has 1 fully saturated rings. The molecule has 1 aromatic rings. The topological polar surface area (TPSA) is 98.7 Å². The van der Waals surface area contributed by atoms with Gasteiger partial charge < -0.3 is 15.7 Å². The van der Waals surface area contributed by atoms with Gasteiger partial charge in [0, 0.05) is 26.2 Å². The van der Waals surface area contributed by atoms with Gasteiger partial charge in [-0.25, -0.2) is 4.79 Å². The molecule has 3 N–H and O–H groups in total. The van der Waals surface area contributed by atoms with Crippen LogP contribution in [-0.4, -0.2) is 60.0 Å². The van der Waals surface area contributed by atoms with Crippen molar-refractivity contribution in [1.29, 1.82) is 0 Å². The molecule has 7 heteroatoms. The number of nitrogens with zero attached hydrogens (tertiary/aromatic N) is 1. The lowest BCUT2D eigenvalue weighted by atomic mass is 10.0. The van der Waals surface area contributed by atoms with Crippen molar-refractivity contribution < 1.29 is 19.5 Å². The monoisotopic (exact) mass is 333 g/mol. The van der Waals surface area contributed by atoms with Crippen molar-refractivity contribution in [1.82, 2.24) is 15.5 Å². The van der Waals surface area contributed by atoms with Crippen molar-refractivity contribution in [3.63, 3.8) is 0 Å². The van der Waals surface area contributed by atoms with E-state index in [9.17, 15) is 19.5 Å². The lowest BCUT2D eigenvalue weighted by Gasteiger charge is -2.25. The minimum Gasteiger partial charge on any atom is -0.480 e. The molecule has 2 amide bonds. The Bertz CT molecular complexity index is 580. The van der Waals surface area contributed by atoms with Crippen LogP contribution in [0.5, 0.6) is 0 Å². The Morgan fingerprint density at radius 3 is 1.71 bits per heavy atom. The number of aliphatic carboxylic acids is 1. The van der Waals surface area contributed by atoms with Gasteiger partial charge in [0.15, 0.2) is 0 Å². The predicted octanol–water partition coefficient (Wildman–Crippen LogP) is 0.571. The van der Waals surface area contributed by atoms with Crippen LogP contribution in [0.25, 0.3) is 0 Å². The second-order valence-electron chi connectivity index (χ2n) is 6.05. The Hall–Kier alpha value is -2.25. The van der Waals surface area contributed by atoms with Gasteiger partial charge in [0.25, 0.3) is 11.8 Å². The van der Waals surface area contributed by atoms with Crippen LogP contribution in [-0.2, 0) is 4.79 Å². The predicted molar refractivity (Wildman–Crippen MR) is 88.9 cm³/mol. The molecule has 1 aromatic carbocycles. The number of hydrogen-bond acceptors (Lipinski definition) is 5. The van der Waals surface area contributed by atoms with E-state index < -0.39 is 23.8 Å². The Kier molecular flexibility index (Phi) is 6.05. The summed E-state index contributed by atoms with van der Waals surface area (Å²) in [5.41, 5.74) is 0.545. The molecule has 0 radical (unpaired) electrons. The third-order valence-electron chi connectivity index (χ3n) is 3.95. The normalized spacial score (nSPS) is 18.0. The van der Waals surface area contributed by atoms with Crippen LogP contribution in [0.3, 0.4) is 0 Å². The van der Waals surface area contributed by atoms with Gasteiger partial charge in [-0.2, -0.15) is 0 Å². The number of benzene rings is 1. The van der Waals surface area contributed by atoms with Crippen LogP contribution in [0, 0.1) is 5.92 Å². The van der Waals surface area contributed by atoms with Crippen molar-refractivity contribution in [3.05, 3.63) is 35.4 Å². The maximum Gasteiger partial charge on any atom is 0.327 e. The molecule has 0 bridgehead atoms. The van der Waals surface area contributed by atoms with Gasteiger partial charge in [-0.05, 0) is 18.1 Å². The summed E-state index contributed by atoms with van der Waals surface area (Å²) in [7, 11) is 0. The number of carbonyl (C=O) groups excluding carboxylic acids is 2. The lowest BCUT2D eigenvalue weighted by molar-refractivity contribution is -0.143. The first-order valence-electron chi connectivity index (χ1n) is 8.06. The Labute approximate surface area is 141 Å². The molecule has 2 aliphatic rings. The van der Waals surface area contributed by atoms with E-state index >= 15 is 0 Å². The van der Waals surface area contributed by atoms with Gasteiger partial charge in [0.2, 0.25) is 0 Å². The summed E-state index contributed by atoms with van der Waals surface area (Å²) in [6.45, 7) is 7.89. The SMILES string of the molecule is C1CNCCN1.CC(C)C(C(=O)O)N1C(=O)c2ccccc2C1=O. The van der Waals surface area contributed by atoms with E-state index in [1.165, 1.54) is 12.1 Å². The van der Waals surface area contributed by atoms with Crippen LogP contribution < -0.4 is 10.6 Å². The number of imide groups is 1. The van der Waals surface area contributed by atoms with E-state index in [0.717, 1.165) is 31.1 Å². The molecule has 1 unspecified atom stereocenters. The van der Waals surface area contributed by atoms with Gasteiger partial charge in [0.05, 0.1) is 11.1 Å². The standard InChI is InChI=1S/C13H13NO4.C4H10N2/c1-7(2)10(13(17)18)14-11(15)8-5-3-4-6-9(8)12(14)16;1-2-6-4-3-5-1/h3-7,10H,1-2H3,(H,17,18);5-6H,1-4H2. The highest BCUT2D eigenvalue weighted by Crippen LogP contribution is 2.26. The summed E-state index contributed by atoms with van der Waals surface area (Å²) in [6, 6.07) is 5.25. The highest BCUT2D eigenvalue weighted by molar-refractivity contribution is 6.22. The number of amides is 2. The zero-order valence-electron chi connectivity index (χ0n) is 13.9. The van der Waals surface area contributed by atoms with Gasteiger partial charge in [0.1, 0.15) is 6.04 Å². The molecule has 0 aromatic heterocycles. The van der Waals surface area contributed by atoms with Crippen LogP contribution in [0.15, 0.2) is 24.3 Å². The van der Waals surface area contributed by atoms with E-state index in [2.05, 4.69) is 10.6 Å². The molecule has 1 saturated heterocycles. The van der Waals surface area contributed by atoms with Crippen LogP contribution in [0.2, 0.25) is 0 Å². The Morgan fingerprint density at radius 2 is 1.42 bits per heavy atom. The summed E-state index contributed by atoms with van der Waals surface area (Å²) in [6.07, 6.45) is 0. The molecule has 7 nitrogen and oxygen atoms in total. The number of carbonyl (C=O) groups is 3. The molecule has 24 heavy (non-hydrogen) atoms. The second-order valence-corrected chi connectivity index (χ2v) is 6.05. The van der Waals surface area contributed by atoms with E-state index in [4.69, 9.17) is 0 Å². The molecule has 0 saturated carbocycles. The zero-order chi connectivity index (χ0) is 17.7. The quantitative estimate of drug-likeness (QED) is 0.700. The number of nitrogens with one attached hydrogen (secondary N) is 2. The zero-order valence-corrected chi connectivity index (χ0v) is 13.9. The second kappa shape index (κ2) is 8.03. The fourth-order valence-electron chi connectivity index (χ4n) is 2.76. The van der Waals surface area contributed by atoms with Gasteiger partial charge in [-0.15, -0.1) is 0 Å². The number of carboxylic acids is 1. The fourth-order valence-corrected chi connectivity index (χ4v) is 2.76. The minimum atomic E-state index is -1.17. The first-order chi connectivity index (χ1) is 11.4. The number of piperazine rings is 1. The summed E-state index contributed by atoms with van der Waals surface area (Å²) >= 11 is 0. The Balaban J connectivity index is 0.000000292. The molecular formula is C17H23N3O4. The summed E-state index contributed by atoms with van der Waals surface area (Å²) < 4.78 is 0. The summed E-state index contributed by atoms with van der Waals surface area (Å²) in [5, 5.41) is 15.6. The van der Waals surface area contributed by atoms with Gasteiger partial charge in [-0.1, -0.05) is 26.0 Å². The molecule has 1 atom stereocenters. The van der Waals surface area contributed by atoms with E-state index in [-0.39, 0.29) is 17.0 Å². The van der Waals surface area contributed by atoms with Crippen molar-refractivity contribution >= 4 is 17.8 Å². The average molecular weight is 333 g/mol. The molecule has 0 spiro atoms. The molecule has 3 rings (SSSR count). The van der Waals surface area contributed by atoms with Crippen LogP contribution >= 0.6 is 0 Å². The lowest BCUT2D eigenvalue weighted by Crippen LogP contribution is -2.47. The average Bonchev–Trinajstić information content (AvgIpc) is 2.82. The highest BCUT2D eigenvalue weighted by atomic mass is 16.4. The minimum absolute atomic E-state index is 0.273. The maximum absolute atomic E-state index is 12.1. The first-order valence-corrected chi connectivity index (χ1v) is 8.06. The third kappa shape index (κ3) is 3.80. The number of fused-ring (bicyclic) bond motifs is 1. The van der Waals surface area contributed by atoms with Crippen LogP contribution in [0.4, 0.5) is 0 Å². The van der Waals surface area contributed by atoms with Gasteiger partial charge in [-0.3, -0.25) is 14.5 Å². The summed E-state index contributed by atoms with van der Waals surface area (Å²) in [5.74, 6) is -2.57. The number of hydrogen-bond donors (Lipinski definition) is 3. The number of rotatable bonds is 3. The molecular weight excluding hydrogens is 310 g/mol. The summed E-state index contributed by atoms with van der Waals surface area (Å²) in [4.78, 5) is 36.3. The fraction of sp³-hybridized carbons (Fsp3) is 0.471. The van der Waals surface area contributed by atoms with E-state index in [1.54, 1.807) is 26.0 Å². The maximum atomic E-state index is 12.1. The first kappa shape index (κ1) is 18.1. The van der Waals surface area contributed by atoms with Gasteiger partial charge >= 0.3 is 5.97 Å². The highest BCUT2D eigenvalue weighted by Gasteiger charge is 2.43. The number of carboxylic acid groups (broad SMARTS) is 1. The van der Waals surface area contributed by atoms with E-state index in [1.807, 2.05) is 0 Å². The van der Waals surface area contributed by atoms with Crippen molar-refractivity contribution in [2.24, 2.45) is 5.92 Å². The molecule has 2 heterocycles.